The van der Waals surface area contributed by atoms with Crippen LogP contribution in [0.1, 0.15) is 37.7 Å². The van der Waals surface area contributed by atoms with Gasteiger partial charge in [-0.3, -0.25) is 4.90 Å². The maximum atomic E-state index is 13.7. The molecule has 2 bridgehead atoms. The molecule has 2 nitrogen and oxygen atoms in total. The van der Waals surface area contributed by atoms with Crippen molar-refractivity contribution in [3.63, 3.8) is 0 Å². The minimum Gasteiger partial charge on any atom is -0.328 e. The van der Waals surface area contributed by atoms with E-state index in [2.05, 4.69) is 4.90 Å². The highest BCUT2D eigenvalue weighted by molar-refractivity contribution is 5.17. The molecular formula is C16H23FN2. The molecule has 3 rings (SSSR count). The number of halogens is 1. The third kappa shape index (κ3) is 2.82. The number of hydrogen-bond acceptors (Lipinski definition) is 2. The van der Waals surface area contributed by atoms with Gasteiger partial charge in [0.15, 0.2) is 0 Å². The zero-order chi connectivity index (χ0) is 13.2. The first-order valence-corrected chi connectivity index (χ1v) is 7.49. The molecule has 2 heterocycles. The van der Waals surface area contributed by atoms with Gasteiger partial charge in [-0.2, -0.15) is 0 Å². The standard InChI is InChI=1S/C16H23FN2/c17-16-7-2-1-4-12(16)8-9-19-14-5-3-6-15(19)11-13(18)10-14/h1-2,4,7,13-15H,3,5-6,8-11,18H2. The molecule has 2 aliphatic heterocycles. The molecule has 2 atom stereocenters. The lowest BCUT2D eigenvalue weighted by Gasteiger charge is -2.48. The Bertz CT molecular complexity index is 421. The fraction of sp³-hybridized carbons (Fsp3) is 0.625. The van der Waals surface area contributed by atoms with Crippen LogP contribution in [0.15, 0.2) is 24.3 Å². The van der Waals surface area contributed by atoms with Gasteiger partial charge in [-0.05, 0) is 43.7 Å². The van der Waals surface area contributed by atoms with E-state index in [1.165, 1.54) is 19.3 Å². The Labute approximate surface area is 114 Å². The summed E-state index contributed by atoms with van der Waals surface area (Å²) in [6.07, 6.45) is 6.91. The first kappa shape index (κ1) is 13.1. The lowest BCUT2D eigenvalue weighted by Crippen LogP contribution is -2.55. The molecule has 0 radical (unpaired) electrons. The van der Waals surface area contributed by atoms with Crippen molar-refractivity contribution in [3.8, 4) is 0 Å². The lowest BCUT2D eigenvalue weighted by atomic mass is 9.82. The summed E-state index contributed by atoms with van der Waals surface area (Å²) in [4.78, 5) is 2.60. The van der Waals surface area contributed by atoms with Gasteiger partial charge in [0.25, 0.3) is 0 Å². The van der Waals surface area contributed by atoms with Crippen LogP contribution in [0.5, 0.6) is 0 Å². The SMILES string of the molecule is NC1CC2CCCC(C1)N2CCc1ccccc1F. The zero-order valence-electron chi connectivity index (χ0n) is 11.4. The molecular weight excluding hydrogens is 239 g/mol. The molecule has 3 heteroatoms. The number of benzene rings is 1. The van der Waals surface area contributed by atoms with Gasteiger partial charge in [0.05, 0.1) is 0 Å². The lowest BCUT2D eigenvalue weighted by molar-refractivity contribution is 0.0326. The van der Waals surface area contributed by atoms with Crippen molar-refractivity contribution in [1.82, 2.24) is 4.90 Å². The number of rotatable bonds is 3. The normalized spacial score (nSPS) is 31.4. The largest absolute Gasteiger partial charge is 0.328 e. The predicted octanol–water partition coefficient (Wildman–Crippen LogP) is 2.71. The molecule has 2 N–H and O–H groups in total. The number of piperidine rings is 2. The second-order valence-electron chi connectivity index (χ2n) is 6.05. The van der Waals surface area contributed by atoms with Gasteiger partial charge in [-0.1, -0.05) is 24.6 Å². The van der Waals surface area contributed by atoms with Crippen molar-refractivity contribution in [3.05, 3.63) is 35.6 Å². The minimum absolute atomic E-state index is 0.0682. The van der Waals surface area contributed by atoms with Crippen molar-refractivity contribution in [1.29, 1.82) is 0 Å². The van der Waals surface area contributed by atoms with E-state index < -0.39 is 0 Å². The maximum absolute atomic E-state index is 13.7. The third-order valence-corrected chi connectivity index (χ3v) is 4.76. The molecule has 0 aromatic heterocycles. The summed E-state index contributed by atoms with van der Waals surface area (Å²) in [5, 5.41) is 0. The second-order valence-corrected chi connectivity index (χ2v) is 6.05. The topological polar surface area (TPSA) is 29.3 Å². The van der Waals surface area contributed by atoms with E-state index in [0.29, 0.717) is 18.1 Å². The molecule has 104 valence electrons. The summed E-state index contributed by atoms with van der Waals surface area (Å²) in [6.45, 7) is 0.975. The smallest absolute Gasteiger partial charge is 0.126 e. The molecule has 1 aromatic rings. The fourth-order valence-corrected chi connectivity index (χ4v) is 3.84. The molecule has 0 amide bonds. The van der Waals surface area contributed by atoms with E-state index in [9.17, 15) is 4.39 Å². The summed E-state index contributed by atoms with van der Waals surface area (Å²) in [5.74, 6) is -0.0682. The van der Waals surface area contributed by atoms with Gasteiger partial charge in [-0.25, -0.2) is 4.39 Å². The molecule has 1 aromatic carbocycles. The van der Waals surface area contributed by atoms with Crippen LogP contribution in [0.3, 0.4) is 0 Å². The number of nitrogens with two attached hydrogens (primary N) is 1. The van der Waals surface area contributed by atoms with Crippen molar-refractivity contribution in [2.45, 2.75) is 56.7 Å². The highest BCUT2D eigenvalue weighted by Gasteiger charge is 2.36. The number of hydrogen-bond donors (Lipinski definition) is 1. The first-order valence-electron chi connectivity index (χ1n) is 7.49. The summed E-state index contributed by atoms with van der Waals surface area (Å²) in [6, 6.07) is 8.78. The molecule has 2 saturated heterocycles. The maximum Gasteiger partial charge on any atom is 0.126 e. The first-order chi connectivity index (χ1) is 9.24. The van der Waals surface area contributed by atoms with E-state index in [-0.39, 0.29) is 5.82 Å². The number of nitrogens with zero attached hydrogens (tertiary/aromatic N) is 1. The van der Waals surface area contributed by atoms with Crippen LogP contribution < -0.4 is 5.73 Å². The fourth-order valence-electron chi connectivity index (χ4n) is 3.84. The van der Waals surface area contributed by atoms with Gasteiger partial charge in [0.1, 0.15) is 5.82 Å². The van der Waals surface area contributed by atoms with Crippen LogP contribution in [0.4, 0.5) is 4.39 Å². The van der Waals surface area contributed by atoms with E-state index in [1.54, 1.807) is 12.1 Å². The Morgan fingerprint density at radius 2 is 1.84 bits per heavy atom. The average Bonchev–Trinajstić information content (AvgIpc) is 2.38. The zero-order valence-corrected chi connectivity index (χ0v) is 11.4. The van der Waals surface area contributed by atoms with Crippen LogP contribution in [0.2, 0.25) is 0 Å². The van der Waals surface area contributed by atoms with Gasteiger partial charge >= 0.3 is 0 Å². The van der Waals surface area contributed by atoms with Crippen molar-refractivity contribution >= 4 is 0 Å². The van der Waals surface area contributed by atoms with Crippen LogP contribution in [-0.2, 0) is 6.42 Å². The van der Waals surface area contributed by atoms with Gasteiger partial charge in [-0.15, -0.1) is 0 Å². The molecule has 0 saturated carbocycles. The van der Waals surface area contributed by atoms with E-state index in [1.807, 2.05) is 12.1 Å². The molecule has 19 heavy (non-hydrogen) atoms. The Kier molecular flexibility index (Phi) is 3.85. The van der Waals surface area contributed by atoms with E-state index >= 15 is 0 Å². The number of fused-ring (bicyclic) bond motifs is 2. The Morgan fingerprint density at radius 3 is 2.53 bits per heavy atom. The second kappa shape index (κ2) is 5.59. The van der Waals surface area contributed by atoms with Crippen molar-refractivity contribution in [2.24, 2.45) is 5.73 Å². The van der Waals surface area contributed by atoms with Gasteiger partial charge < -0.3 is 5.73 Å². The van der Waals surface area contributed by atoms with Crippen molar-refractivity contribution in [2.75, 3.05) is 6.54 Å². The average molecular weight is 262 g/mol. The quantitative estimate of drug-likeness (QED) is 0.907. The van der Waals surface area contributed by atoms with E-state index in [4.69, 9.17) is 5.73 Å². The summed E-state index contributed by atoms with van der Waals surface area (Å²) < 4.78 is 13.7. The molecule has 0 spiro atoms. The van der Waals surface area contributed by atoms with Crippen LogP contribution in [0, 0.1) is 5.82 Å². The molecule has 2 aliphatic rings. The molecule has 2 unspecified atom stereocenters. The summed E-state index contributed by atoms with van der Waals surface area (Å²) in [5.41, 5.74) is 6.97. The highest BCUT2D eigenvalue weighted by Crippen LogP contribution is 2.33. The highest BCUT2D eigenvalue weighted by atomic mass is 19.1. The predicted molar refractivity (Wildman–Crippen MR) is 75.4 cm³/mol. The van der Waals surface area contributed by atoms with Crippen molar-refractivity contribution < 1.29 is 4.39 Å². The van der Waals surface area contributed by atoms with Gasteiger partial charge in [0.2, 0.25) is 0 Å². The Morgan fingerprint density at radius 1 is 1.16 bits per heavy atom. The monoisotopic (exact) mass is 262 g/mol. The van der Waals surface area contributed by atoms with Crippen LogP contribution >= 0.6 is 0 Å². The third-order valence-electron chi connectivity index (χ3n) is 4.76. The Balaban J connectivity index is 1.65. The molecule has 2 fully saturated rings. The van der Waals surface area contributed by atoms with Gasteiger partial charge in [0, 0.05) is 24.7 Å². The molecule has 0 aliphatic carbocycles. The Hall–Kier alpha value is -0.930. The summed E-state index contributed by atoms with van der Waals surface area (Å²) in [7, 11) is 0. The van der Waals surface area contributed by atoms with Crippen LogP contribution in [0.25, 0.3) is 0 Å². The summed E-state index contributed by atoms with van der Waals surface area (Å²) >= 11 is 0. The van der Waals surface area contributed by atoms with Crippen LogP contribution in [-0.4, -0.2) is 29.6 Å². The van der Waals surface area contributed by atoms with E-state index in [0.717, 1.165) is 31.4 Å². The minimum atomic E-state index is -0.0682.